The fourth-order valence-electron chi connectivity index (χ4n) is 1.66. The molecule has 106 valence electrons. The van der Waals surface area contributed by atoms with Gasteiger partial charge in [0.1, 0.15) is 11.5 Å². The minimum Gasteiger partial charge on any atom is -0.497 e. The standard InChI is InChI=1S/C14H14F2N2O2/c1-19-11-5-6-13(20-14(15)16)12(8-11)18-9-10-4-2-3-7-17-10/h2-8,14,18H,9H2,1H3. The van der Waals surface area contributed by atoms with E-state index in [1.54, 1.807) is 24.4 Å². The molecule has 0 amide bonds. The fourth-order valence-corrected chi connectivity index (χ4v) is 1.66. The molecule has 0 aliphatic heterocycles. The Balaban J connectivity index is 2.15. The van der Waals surface area contributed by atoms with Crippen LogP contribution in [0.15, 0.2) is 42.6 Å². The zero-order valence-corrected chi connectivity index (χ0v) is 10.8. The van der Waals surface area contributed by atoms with Crippen LogP contribution < -0.4 is 14.8 Å². The second-order valence-electron chi connectivity index (χ2n) is 3.92. The molecule has 2 rings (SSSR count). The van der Waals surface area contributed by atoms with E-state index in [-0.39, 0.29) is 5.75 Å². The van der Waals surface area contributed by atoms with Gasteiger partial charge >= 0.3 is 6.61 Å². The number of pyridine rings is 1. The molecule has 20 heavy (non-hydrogen) atoms. The summed E-state index contributed by atoms with van der Waals surface area (Å²) in [5.41, 5.74) is 1.22. The first-order valence-corrected chi connectivity index (χ1v) is 5.95. The maximum absolute atomic E-state index is 12.4. The number of hydrogen-bond acceptors (Lipinski definition) is 4. The monoisotopic (exact) mass is 280 g/mol. The summed E-state index contributed by atoms with van der Waals surface area (Å²) in [7, 11) is 1.51. The lowest BCUT2D eigenvalue weighted by Crippen LogP contribution is -2.07. The predicted molar refractivity (Wildman–Crippen MR) is 71.2 cm³/mol. The Kier molecular flexibility index (Phi) is 4.70. The number of alkyl halides is 2. The van der Waals surface area contributed by atoms with Crippen molar-refractivity contribution in [3.63, 3.8) is 0 Å². The van der Waals surface area contributed by atoms with Gasteiger partial charge in [0.15, 0.2) is 0 Å². The van der Waals surface area contributed by atoms with E-state index < -0.39 is 6.61 Å². The summed E-state index contributed by atoms with van der Waals surface area (Å²) < 4.78 is 34.2. The van der Waals surface area contributed by atoms with Crippen LogP contribution in [0.5, 0.6) is 11.5 Å². The van der Waals surface area contributed by atoms with E-state index in [1.807, 2.05) is 12.1 Å². The highest BCUT2D eigenvalue weighted by molar-refractivity contribution is 5.59. The van der Waals surface area contributed by atoms with Crippen molar-refractivity contribution in [1.29, 1.82) is 0 Å². The minimum absolute atomic E-state index is 0.0664. The second kappa shape index (κ2) is 6.70. The number of halogens is 2. The van der Waals surface area contributed by atoms with Gasteiger partial charge < -0.3 is 14.8 Å². The molecule has 0 saturated carbocycles. The topological polar surface area (TPSA) is 43.4 Å². The number of hydrogen-bond donors (Lipinski definition) is 1. The largest absolute Gasteiger partial charge is 0.497 e. The second-order valence-corrected chi connectivity index (χ2v) is 3.92. The molecule has 0 atom stereocenters. The maximum atomic E-state index is 12.4. The summed E-state index contributed by atoms with van der Waals surface area (Å²) in [4.78, 5) is 4.14. The summed E-state index contributed by atoms with van der Waals surface area (Å²) in [6.45, 7) is -2.48. The molecule has 1 heterocycles. The third-order valence-corrected chi connectivity index (χ3v) is 2.59. The van der Waals surface area contributed by atoms with Crippen LogP contribution in [0, 0.1) is 0 Å². The smallest absolute Gasteiger partial charge is 0.387 e. The Morgan fingerprint density at radius 2 is 2.10 bits per heavy atom. The van der Waals surface area contributed by atoms with E-state index >= 15 is 0 Å². The predicted octanol–water partition coefficient (Wildman–Crippen LogP) is 3.30. The van der Waals surface area contributed by atoms with Crippen molar-refractivity contribution >= 4 is 5.69 Å². The number of nitrogens with zero attached hydrogens (tertiary/aromatic N) is 1. The number of anilines is 1. The summed E-state index contributed by atoms with van der Waals surface area (Å²) in [5.74, 6) is 0.617. The van der Waals surface area contributed by atoms with Crippen LogP contribution in [0.25, 0.3) is 0 Å². The number of rotatable bonds is 6. The van der Waals surface area contributed by atoms with E-state index in [9.17, 15) is 8.78 Å². The fraction of sp³-hybridized carbons (Fsp3) is 0.214. The van der Waals surface area contributed by atoms with Gasteiger partial charge in [-0.05, 0) is 24.3 Å². The quantitative estimate of drug-likeness (QED) is 0.881. The van der Waals surface area contributed by atoms with E-state index in [2.05, 4.69) is 15.0 Å². The summed E-state index contributed by atoms with van der Waals surface area (Å²) in [5, 5.41) is 3.01. The van der Waals surface area contributed by atoms with Gasteiger partial charge in [-0.25, -0.2) is 0 Å². The normalized spacial score (nSPS) is 10.4. The van der Waals surface area contributed by atoms with Crippen molar-refractivity contribution < 1.29 is 18.3 Å². The third kappa shape index (κ3) is 3.81. The molecule has 0 unspecified atom stereocenters. The first kappa shape index (κ1) is 14.0. The molecule has 0 aliphatic rings. The Hall–Kier alpha value is -2.37. The summed E-state index contributed by atoms with van der Waals surface area (Å²) in [6, 6.07) is 10.1. The molecular weight excluding hydrogens is 266 g/mol. The molecule has 0 radical (unpaired) electrons. The molecule has 6 heteroatoms. The lowest BCUT2D eigenvalue weighted by molar-refractivity contribution is -0.0494. The Morgan fingerprint density at radius 1 is 1.25 bits per heavy atom. The molecule has 0 fully saturated rings. The highest BCUT2D eigenvalue weighted by Gasteiger charge is 2.11. The first-order valence-electron chi connectivity index (χ1n) is 5.95. The number of ether oxygens (including phenoxy) is 2. The minimum atomic E-state index is -2.88. The van der Waals surface area contributed by atoms with Crippen LogP contribution in [0.3, 0.4) is 0 Å². The van der Waals surface area contributed by atoms with Crippen LogP contribution in [-0.4, -0.2) is 18.7 Å². The van der Waals surface area contributed by atoms with Crippen molar-refractivity contribution in [3.05, 3.63) is 48.3 Å². The zero-order valence-electron chi connectivity index (χ0n) is 10.8. The number of methoxy groups -OCH3 is 1. The van der Waals surface area contributed by atoms with Crippen LogP contribution in [-0.2, 0) is 6.54 Å². The van der Waals surface area contributed by atoms with Crippen LogP contribution in [0.4, 0.5) is 14.5 Å². The number of benzene rings is 1. The molecular formula is C14H14F2N2O2. The number of nitrogens with one attached hydrogen (secondary N) is 1. The van der Waals surface area contributed by atoms with Crippen LogP contribution in [0.2, 0.25) is 0 Å². The molecule has 0 spiro atoms. The van der Waals surface area contributed by atoms with E-state index in [0.29, 0.717) is 18.0 Å². The van der Waals surface area contributed by atoms with E-state index in [1.165, 1.54) is 13.2 Å². The van der Waals surface area contributed by atoms with E-state index in [0.717, 1.165) is 5.69 Å². The van der Waals surface area contributed by atoms with Crippen molar-refractivity contribution in [2.75, 3.05) is 12.4 Å². The highest BCUT2D eigenvalue weighted by atomic mass is 19.3. The molecule has 2 aromatic rings. The Labute approximate surface area is 115 Å². The Morgan fingerprint density at radius 3 is 2.75 bits per heavy atom. The lowest BCUT2D eigenvalue weighted by atomic mass is 10.2. The maximum Gasteiger partial charge on any atom is 0.387 e. The molecule has 1 N–H and O–H groups in total. The molecule has 0 saturated heterocycles. The SMILES string of the molecule is COc1ccc(OC(F)F)c(NCc2ccccn2)c1. The van der Waals surface area contributed by atoms with Crippen molar-refractivity contribution in [2.24, 2.45) is 0 Å². The van der Waals surface area contributed by atoms with Crippen LogP contribution in [0.1, 0.15) is 5.69 Å². The average Bonchev–Trinajstić information content (AvgIpc) is 2.47. The van der Waals surface area contributed by atoms with Gasteiger partial charge in [-0.15, -0.1) is 0 Å². The van der Waals surface area contributed by atoms with Crippen molar-refractivity contribution in [3.8, 4) is 11.5 Å². The molecule has 4 nitrogen and oxygen atoms in total. The van der Waals surface area contributed by atoms with Gasteiger partial charge in [0.2, 0.25) is 0 Å². The average molecular weight is 280 g/mol. The van der Waals surface area contributed by atoms with Crippen LogP contribution >= 0.6 is 0 Å². The van der Waals surface area contributed by atoms with Gasteiger partial charge in [0.05, 0.1) is 25.0 Å². The molecule has 1 aromatic carbocycles. The Bertz CT molecular complexity index is 550. The zero-order chi connectivity index (χ0) is 14.4. The number of aromatic nitrogens is 1. The van der Waals surface area contributed by atoms with Crippen molar-refractivity contribution in [1.82, 2.24) is 4.98 Å². The van der Waals surface area contributed by atoms with E-state index in [4.69, 9.17) is 4.74 Å². The van der Waals surface area contributed by atoms with Gasteiger partial charge in [-0.2, -0.15) is 8.78 Å². The highest BCUT2D eigenvalue weighted by Crippen LogP contribution is 2.30. The van der Waals surface area contributed by atoms with Gasteiger partial charge in [-0.3, -0.25) is 4.98 Å². The van der Waals surface area contributed by atoms with Crippen molar-refractivity contribution in [2.45, 2.75) is 13.2 Å². The third-order valence-electron chi connectivity index (χ3n) is 2.59. The van der Waals surface area contributed by atoms with Gasteiger partial charge in [-0.1, -0.05) is 6.07 Å². The van der Waals surface area contributed by atoms with Gasteiger partial charge in [0, 0.05) is 12.3 Å². The lowest BCUT2D eigenvalue weighted by Gasteiger charge is -2.13. The molecule has 0 aliphatic carbocycles. The molecule has 1 aromatic heterocycles. The summed E-state index contributed by atoms with van der Waals surface area (Å²) >= 11 is 0. The summed E-state index contributed by atoms with van der Waals surface area (Å²) in [6.07, 6.45) is 1.67. The molecule has 0 bridgehead atoms. The first-order chi connectivity index (χ1) is 9.69. The van der Waals surface area contributed by atoms with Gasteiger partial charge in [0.25, 0.3) is 0 Å².